The van der Waals surface area contributed by atoms with Crippen LogP contribution in [0.2, 0.25) is 0 Å². The highest BCUT2D eigenvalue weighted by atomic mass is 16.3. The van der Waals surface area contributed by atoms with Crippen molar-refractivity contribution in [2.24, 2.45) is 9.98 Å². The zero-order valence-electron chi connectivity index (χ0n) is 30.1. The lowest BCUT2D eigenvalue weighted by atomic mass is 10.0. The van der Waals surface area contributed by atoms with Crippen LogP contribution in [0.4, 0.5) is 0 Å². The van der Waals surface area contributed by atoms with Crippen LogP contribution in [0.15, 0.2) is 201 Å². The van der Waals surface area contributed by atoms with Gasteiger partial charge in [0.05, 0.1) is 5.39 Å². The van der Waals surface area contributed by atoms with Gasteiger partial charge in [-0.05, 0) is 52.1 Å². The first kappa shape index (κ1) is 31.9. The molecule has 0 amide bonds. The number of aliphatic imine (C=N–C) groups is 2. The molecule has 56 heavy (non-hydrogen) atoms. The van der Waals surface area contributed by atoms with E-state index in [1.165, 1.54) is 5.56 Å². The Kier molecular flexibility index (Phi) is 7.45. The van der Waals surface area contributed by atoms with Gasteiger partial charge in [0.15, 0.2) is 11.4 Å². The lowest BCUT2D eigenvalue weighted by Gasteiger charge is -2.24. The van der Waals surface area contributed by atoms with Crippen molar-refractivity contribution in [3.05, 3.63) is 199 Å². The van der Waals surface area contributed by atoms with E-state index in [4.69, 9.17) is 23.8 Å². The summed E-state index contributed by atoms with van der Waals surface area (Å²) in [6.07, 6.45) is 1.52. The molecule has 1 unspecified atom stereocenters. The number of benzene rings is 7. The molecule has 6 nitrogen and oxygen atoms in total. The maximum atomic E-state index is 6.55. The van der Waals surface area contributed by atoms with Gasteiger partial charge in [-0.3, -0.25) is 4.98 Å². The monoisotopic (exact) mass is 720 g/mol. The first-order valence-electron chi connectivity index (χ1n) is 18.7. The SMILES string of the molecule is c1ccc(-c2ccc(C3N=C(c4cccc(-c5ccccc5)c4)N=C(c4cccc5oc6cc(-c7cccc8c7oc7ccccc78)cnc6c45)N3)cc2)cc1. The predicted molar refractivity (Wildman–Crippen MR) is 227 cm³/mol. The summed E-state index contributed by atoms with van der Waals surface area (Å²) in [5.74, 6) is 1.34. The Hall–Kier alpha value is -7.57. The number of fused-ring (bicyclic) bond motifs is 6. The second-order valence-electron chi connectivity index (χ2n) is 14.0. The van der Waals surface area contributed by atoms with Gasteiger partial charge in [-0.15, -0.1) is 0 Å². The van der Waals surface area contributed by atoms with Gasteiger partial charge in [-0.25, -0.2) is 9.98 Å². The Morgan fingerprint density at radius 1 is 0.464 bits per heavy atom. The number of hydrogen-bond donors (Lipinski definition) is 1. The van der Waals surface area contributed by atoms with E-state index in [1.807, 2.05) is 48.7 Å². The van der Waals surface area contributed by atoms with Crippen LogP contribution in [0.25, 0.3) is 77.4 Å². The molecule has 3 aromatic heterocycles. The molecule has 0 aliphatic carbocycles. The number of amidine groups is 2. The minimum absolute atomic E-state index is 0.389. The zero-order chi connectivity index (χ0) is 37.0. The fourth-order valence-electron chi connectivity index (χ4n) is 7.85. The van der Waals surface area contributed by atoms with E-state index in [0.717, 1.165) is 82.9 Å². The van der Waals surface area contributed by atoms with Crippen molar-refractivity contribution in [3.8, 4) is 33.4 Å². The van der Waals surface area contributed by atoms with Gasteiger partial charge in [0, 0.05) is 39.2 Å². The molecule has 1 N–H and O–H groups in total. The highest BCUT2D eigenvalue weighted by molar-refractivity contribution is 6.21. The summed E-state index contributed by atoms with van der Waals surface area (Å²) in [7, 11) is 0. The van der Waals surface area contributed by atoms with E-state index in [1.54, 1.807) is 0 Å². The van der Waals surface area contributed by atoms with E-state index in [0.29, 0.717) is 17.3 Å². The summed E-state index contributed by atoms with van der Waals surface area (Å²) in [5, 5.41) is 6.74. The Morgan fingerprint density at radius 3 is 1.95 bits per heavy atom. The minimum atomic E-state index is -0.389. The van der Waals surface area contributed by atoms with Crippen molar-refractivity contribution >= 4 is 55.7 Å². The molecule has 11 rings (SSSR count). The highest BCUT2D eigenvalue weighted by Gasteiger charge is 2.25. The maximum absolute atomic E-state index is 6.55. The Balaban J connectivity index is 1.03. The number of aromatic nitrogens is 1. The van der Waals surface area contributed by atoms with Gasteiger partial charge in [0.1, 0.15) is 34.3 Å². The topological polar surface area (TPSA) is 75.9 Å². The van der Waals surface area contributed by atoms with Crippen LogP contribution in [0, 0.1) is 0 Å². The number of hydrogen-bond acceptors (Lipinski definition) is 6. The van der Waals surface area contributed by atoms with Crippen LogP contribution in [0.1, 0.15) is 22.9 Å². The Bertz CT molecular complexity index is 3160. The molecular formula is C50H32N4O2. The summed E-state index contributed by atoms with van der Waals surface area (Å²) in [5.41, 5.74) is 13.2. The Morgan fingerprint density at radius 2 is 1.11 bits per heavy atom. The number of para-hydroxylation sites is 2. The van der Waals surface area contributed by atoms with E-state index >= 15 is 0 Å². The van der Waals surface area contributed by atoms with Crippen molar-refractivity contribution in [1.82, 2.24) is 10.3 Å². The largest absolute Gasteiger partial charge is 0.455 e. The zero-order valence-corrected chi connectivity index (χ0v) is 30.1. The van der Waals surface area contributed by atoms with E-state index < -0.39 is 0 Å². The minimum Gasteiger partial charge on any atom is -0.455 e. The summed E-state index contributed by atoms with van der Waals surface area (Å²) < 4.78 is 12.9. The summed E-state index contributed by atoms with van der Waals surface area (Å²) >= 11 is 0. The van der Waals surface area contributed by atoms with Crippen LogP contribution in [0.3, 0.4) is 0 Å². The lowest BCUT2D eigenvalue weighted by molar-refractivity contribution is 0.666. The molecule has 0 spiro atoms. The third-order valence-corrected chi connectivity index (χ3v) is 10.6. The third-order valence-electron chi connectivity index (χ3n) is 10.6. The van der Waals surface area contributed by atoms with Crippen LogP contribution in [-0.4, -0.2) is 16.7 Å². The molecule has 1 atom stereocenters. The van der Waals surface area contributed by atoms with Crippen molar-refractivity contribution in [3.63, 3.8) is 0 Å². The average molecular weight is 721 g/mol. The van der Waals surface area contributed by atoms with Crippen LogP contribution >= 0.6 is 0 Å². The first-order valence-corrected chi connectivity index (χ1v) is 18.7. The van der Waals surface area contributed by atoms with Gasteiger partial charge < -0.3 is 14.2 Å². The molecule has 7 aromatic carbocycles. The van der Waals surface area contributed by atoms with Gasteiger partial charge in [0.25, 0.3) is 0 Å². The second-order valence-corrected chi connectivity index (χ2v) is 14.0. The molecule has 4 heterocycles. The smallest absolute Gasteiger partial charge is 0.159 e. The first-order chi connectivity index (χ1) is 27.7. The van der Waals surface area contributed by atoms with Gasteiger partial charge in [-0.2, -0.15) is 0 Å². The molecule has 0 bridgehead atoms. The van der Waals surface area contributed by atoms with Crippen LogP contribution in [-0.2, 0) is 0 Å². The molecule has 1 aliphatic heterocycles. The summed E-state index contributed by atoms with van der Waals surface area (Å²) in [6.45, 7) is 0. The number of nitrogens with one attached hydrogen (secondary N) is 1. The van der Waals surface area contributed by atoms with Crippen molar-refractivity contribution < 1.29 is 8.83 Å². The Labute approximate surface area is 322 Å². The predicted octanol–water partition coefficient (Wildman–Crippen LogP) is 12.4. The van der Waals surface area contributed by atoms with Gasteiger partial charge >= 0.3 is 0 Å². The van der Waals surface area contributed by atoms with E-state index in [9.17, 15) is 0 Å². The number of rotatable bonds is 6. The molecule has 0 radical (unpaired) electrons. The molecule has 1 aliphatic rings. The quantitative estimate of drug-likeness (QED) is 0.186. The lowest BCUT2D eigenvalue weighted by Crippen LogP contribution is -2.33. The standard InChI is InChI=1S/C50H32N4O2/c1-3-12-31(13-4-1)33-24-26-34(27-25-33)48-52-49(36-17-9-16-35(28-36)32-14-5-2-6-15-32)54-50(53-48)41-21-11-23-43-45(41)46-44(55-43)29-37(30-51-46)38-19-10-20-40-39-18-7-8-22-42(39)56-47(38)40/h1-30,48H,(H,52,53,54). The number of nitrogens with zero attached hydrogens (tertiary/aromatic N) is 3. The van der Waals surface area contributed by atoms with Crippen molar-refractivity contribution in [1.29, 1.82) is 0 Å². The van der Waals surface area contributed by atoms with Crippen LogP contribution < -0.4 is 5.32 Å². The van der Waals surface area contributed by atoms with Crippen LogP contribution in [0.5, 0.6) is 0 Å². The average Bonchev–Trinajstić information content (AvgIpc) is 3.85. The number of furan rings is 2. The van der Waals surface area contributed by atoms with E-state index in [2.05, 4.69) is 139 Å². The van der Waals surface area contributed by atoms with Gasteiger partial charge in [0.2, 0.25) is 0 Å². The maximum Gasteiger partial charge on any atom is 0.159 e. The fourth-order valence-corrected chi connectivity index (χ4v) is 7.85. The molecule has 6 heteroatoms. The third kappa shape index (κ3) is 5.46. The molecule has 0 fully saturated rings. The van der Waals surface area contributed by atoms with Crippen molar-refractivity contribution in [2.45, 2.75) is 6.17 Å². The molecular weight excluding hydrogens is 689 g/mol. The van der Waals surface area contributed by atoms with Gasteiger partial charge in [-0.1, -0.05) is 152 Å². The second kappa shape index (κ2) is 13.1. The number of pyridine rings is 1. The molecule has 0 saturated carbocycles. The molecule has 0 saturated heterocycles. The molecule has 264 valence electrons. The normalized spacial score (nSPS) is 14.2. The van der Waals surface area contributed by atoms with Crippen molar-refractivity contribution in [2.75, 3.05) is 0 Å². The summed E-state index contributed by atoms with van der Waals surface area (Å²) in [4.78, 5) is 15.5. The highest BCUT2D eigenvalue weighted by Crippen LogP contribution is 2.38. The molecule has 10 aromatic rings. The summed E-state index contributed by atoms with van der Waals surface area (Å²) in [6, 6.07) is 60.3. The van der Waals surface area contributed by atoms with E-state index in [-0.39, 0.29) is 6.17 Å². The fraction of sp³-hybridized carbons (Fsp3) is 0.0200.